The number of hydrogen-bond donors (Lipinski definition) is 2. The van der Waals surface area contributed by atoms with Gasteiger partial charge in [0.2, 0.25) is 0 Å². The number of aliphatic hydroxyl groups excluding tert-OH is 1. The van der Waals surface area contributed by atoms with E-state index in [1.807, 2.05) is 0 Å². The van der Waals surface area contributed by atoms with Crippen LogP contribution in [-0.2, 0) is 13.7 Å². The molecule has 80 valence electrons. The minimum atomic E-state index is -5.31. The summed E-state index contributed by atoms with van der Waals surface area (Å²) in [5, 5.41) is 8.61. The number of aliphatic hydroxyl groups is 1. The van der Waals surface area contributed by atoms with Crippen molar-refractivity contribution in [1.29, 1.82) is 0 Å². The first-order valence-corrected chi connectivity index (χ1v) is 6.64. The van der Waals surface area contributed by atoms with E-state index in [-0.39, 0.29) is 109 Å². The summed E-state index contributed by atoms with van der Waals surface area (Å²) in [4.78, 5) is 29.2. The van der Waals surface area contributed by atoms with Crippen LogP contribution in [0.1, 0.15) is 13.3 Å². The molecule has 0 aliphatic heterocycles. The molecule has 0 aromatic heterocycles. The second-order valence-electron chi connectivity index (χ2n) is 2.28. The molecule has 0 aromatic rings. The van der Waals surface area contributed by atoms with E-state index in [2.05, 4.69) is 4.52 Å². The van der Waals surface area contributed by atoms with E-state index in [1.54, 1.807) is 6.92 Å². The normalized spacial score (nSPS) is 20.1. The molecule has 0 spiro atoms. The van der Waals surface area contributed by atoms with Crippen LogP contribution in [0.15, 0.2) is 0 Å². The molecule has 0 aliphatic rings. The molecule has 0 bridgehead atoms. The Morgan fingerprint density at radius 1 is 1.33 bits per heavy atom. The van der Waals surface area contributed by atoms with E-state index in [9.17, 15) is 18.9 Å². The van der Waals surface area contributed by atoms with Gasteiger partial charge >= 0.3 is 103 Å². The minimum absolute atomic E-state index is 0. The van der Waals surface area contributed by atoms with Gasteiger partial charge in [0.1, 0.15) is 0 Å². The Kier molecular flexibility index (Phi) is 16.3. The van der Waals surface area contributed by atoms with Gasteiger partial charge in [-0.2, -0.15) is 0 Å². The van der Waals surface area contributed by atoms with Crippen LogP contribution in [0.4, 0.5) is 0 Å². The zero-order valence-electron chi connectivity index (χ0n) is 8.82. The Balaban J connectivity index is -0.000000720. The number of rotatable bonds is 5. The average molecular weight is 310 g/mol. The monoisotopic (exact) mass is 310 g/mol. The van der Waals surface area contributed by atoms with E-state index in [0.29, 0.717) is 6.42 Å². The van der Waals surface area contributed by atoms with Gasteiger partial charge in [0, 0.05) is 0 Å². The third-order valence-corrected chi connectivity index (χ3v) is 4.47. The van der Waals surface area contributed by atoms with Gasteiger partial charge in [0.15, 0.2) is 20.8 Å². The fraction of sp³-hybridized carbons (Fsp3) is 1.00. The zero-order valence-corrected chi connectivity index (χ0v) is 16.9. The quantitative estimate of drug-likeness (QED) is 0.381. The minimum Gasteiger partial charge on any atom is -0.776 e. The summed E-state index contributed by atoms with van der Waals surface area (Å²) >= 11 is 0. The Hall–Kier alpha value is 3.53. The second kappa shape index (κ2) is 10.3. The molecular weight excluding hydrogens is 300 g/mol. The average Bonchev–Trinajstić information content (AvgIpc) is 1.98. The van der Waals surface area contributed by atoms with Gasteiger partial charge in [-0.3, -0.25) is 0 Å². The van der Waals surface area contributed by atoms with Gasteiger partial charge < -0.3 is 33.4 Å². The fourth-order valence-electron chi connectivity index (χ4n) is 0.464. The molecule has 11 heteroatoms. The van der Waals surface area contributed by atoms with Crippen molar-refractivity contribution in [1.82, 2.24) is 0 Å². The van der Waals surface area contributed by atoms with Gasteiger partial charge in [0.05, 0.1) is 6.61 Å². The zero-order chi connectivity index (χ0) is 10.7. The summed E-state index contributed by atoms with van der Waals surface area (Å²) in [5.74, 6) is 0. The molecule has 0 aliphatic carbocycles. The molecule has 15 heavy (non-hydrogen) atoms. The van der Waals surface area contributed by atoms with Gasteiger partial charge in [-0.05, 0) is 6.42 Å². The van der Waals surface area contributed by atoms with Crippen LogP contribution < -0.4 is 113 Å². The molecule has 0 saturated heterocycles. The van der Waals surface area contributed by atoms with Gasteiger partial charge in [-0.25, -0.2) is 0 Å². The van der Waals surface area contributed by atoms with Crippen LogP contribution >= 0.6 is 15.2 Å². The molecule has 0 amide bonds. The summed E-state index contributed by atoms with van der Waals surface area (Å²) < 4.78 is 25.1. The maximum atomic E-state index is 10.8. The van der Waals surface area contributed by atoms with Crippen LogP contribution in [-0.4, -0.2) is 22.2 Å². The van der Waals surface area contributed by atoms with Crippen molar-refractivity contribution in [2.45, 2.75) is 18.9 Å². The van der Waals surface area contributed by atoms with Crippen molar-refractivity contribution in [3.8, 4) is 0 Å². The molecule has 0 rings (SSSR count). The molecule has 0 heterocycles. The van der Waals surface area contributed by atoms with Crippen LogP contribution in [0.5, 0.6) is 0 Å². The van der Waals surface area contributed by atoms with Crippen LogP contribution in [0.3, 0.4) is 0 Å². The summed E-state index contributed by atoms with van der Waals surface area (Å²) in [6.07, 6.45) is 0.341. The van der Waals surface area contributed by atoms with Crippen molar-refractivity contribution in [2.75, 3.05) is 6.61 Å². The summed E-state index contributed by atoms with van der Waals surface area (Å²) in [7, 11) is -10.3. The first-order chi connectivity index (χ1) is 5.72. The van der Waals surface area contributed by atoms with E-state index < -0.39 is 20.8 Å². The molecular formula is C4H10K2O7P2. The van der Waals surface area contributed by atoms with Crippen molar-refractivity contribution in [3.05, 3.63) is 0 Å². The van der Waals surface area contributed by atoms with Gasteiger partial charge in [-0.15, -0.1) is 0 Å². The van der Waals surface area contributed by atoms with Crippen molar-refractivity contribution in [2.24, 2.45) is 0 Å². The third-order valence-electron chi connectivity index (χ3n) is 1.05. The summed E-state index contributed by atoms with van der Waals surface area (Å²) in [5.41, 5.74) is -2.88. The smallest absolute Gasteiger partial charge is 0.776 e. The number of hydrogen-bond acceptors (Lipinski definition) is 6. The molecule has 3 unspecified atom stereocenters. The molecule has 7 nitrogen and oxygen atoms in total. The van der Waals surface area contributed by atoms with E-state index in [0.717, 1.165) is 0 Å². The first kappa shape index (κ1) is 23.6. The van der Waals surface area contributed by atoms with Crippen LogP contribution in [0, 0.1) is 0 Å². The Morgan fingerprint density at radius 3 is 2.00 bits per heavy atom. The van der Waals surface area contributed by atoms with Crippen LogP contribution in [0.25, 0.3) is 0 Å². The van der Waals surface area contributed by atoms with Crippen molar-refractivity contribution in [3.63, 3.8) is 0 Å². The predicted octanol–water partition coefficient (Wildman–Crippen LogP) is -7.20. The van der Waals surface area contributed by atoms with Gasteiger partial charge in [-0.1, -0.05) is 6.92 Å². The molecule has 0 saturated carbocycles. The molecule has 0 radical (unpaired) electrons. The Morgan fingerprint density at radius 2 is 1.73 bits per heavy atom. The van der Waals surface area contributed by atoms with E-state index >= 15 is 0 Å². The molecule has 0 fully saturated rings. The Labute approximate surface area is 173 Å². The largest absolute Gasteiger partial charge is 1.00 e. The topological polar surface area (TPSA) is 130 Å². The maximum Gasteiger partial charge on any atom is 1.00 e. The summed E-state index contributed by atoms with van der Waals surface area (Å²) in [6.45, 7) is 1.36. The Bertz CT molecular complexity index is 253. The molecule has 2 N–H and O–H groups in total. The predicted molar refractivity (Wildman–Crippen MR) is 39.7 cm³/mol. The third kappa shape index (κ3) is 10.0. The molecule has 0 aromatic carbocycles. The second-order valence-corrected chi connectivity index (χ2v) is 6.14. The first-order valence-electron chi connectivity index (χ1n) is 3.38. The summed E-state index contributed by atoms with van der Waals surface area (Å²) in [6, 6.07) is 0. The standard InChI is InChI=1S/C4H12O7P2.2K/c1-2-3-11-13(9,10)4(5)12(6,7)8;;/h4-5H,2-3H2,1H3,(H,9,10)(H2,6,7,8);;/q;2*+1/p-2. The SMILES string of the molecule is CCCOP(=O)([O-])C(O)P(=O)([O-])O.[K+].[K+]. The fourth-order valence-corrected chi connectivity index (χ4v) is 2.66. The maximum absolute atomic E-state index is 10.8. The van der Waals surface area contributed by atoms with Crippen molar-refractivity contribution < 1.29 is 136 Å². The van der Waals surface area contributed by atoms with E-state index in [1.165, 1.54) is 0 Å². The van der Waals surface area contributed by atoms with Gasteiger partial charge in [0.25, 0.3) is 0 Å². The molecule has 3 atom stereocenters. The van der Waals surface area contributed by atoms with Crippen molar-refractivity contribution >= 4 is 15.2 Å². The van der Waals surface area contributed by atoms with E-state index in [4.69, 9.17) is 10.00 Å². The van der Waals surface area contributed by atoms with Crippen LogP contribution in [0.2, 0.25) is 0 Å².